The summed E-state index contributed by atoms with van der Waals surface area (Å²) in [5.41, 5.74) is 1.11. The fourth-order valence-electron chi connectivity index (χ4n) is 2.37. The zero-order chi connectivity index (χ0) is 15.4. The third kappa shape index (κ3) is 4.05. The van der Waals surface area contributed by atoms with Crippen molar-refractivity contribution in [2.75, 3.05) is 7.05 Å². The number of nitrogens with zero attached hydrogens (tertiary/aromatic N) is 2. The standard InChI is InChI=1S/C16H22ClN3O/c1-10(2)15(12-6-5-7-13(17)9-12)16-19-14(20-21-16)8-11(3)18-4/h5-7,9-11,15,18H,8H2,1-4H3. The maximum absolute atomic E-state index is 6.10. The molecule has 0 fully saturated rings. The first-order valence-electron chi connectivity index (χ1n) is 7.26. The van der Waals surface area contributed by atoms with Crippen LogP contribution in [-0.4, -0.2) is 23.2 Å². The highest BCUT2D eigenvalue weighted by Gasteiger charge is 2.25. The van der Waals surface area contributed by atoms with E-state index in [1.165, 1.54) is 0 Å². The van der Waals surface area contributed by atoms with Crippen molar-refractivity contribution in [3.8, 4) is 0 Å². The van der Waals surface area contributed by atoms with Crippen molar-refractivity contribution in [2.24, 2.45) is 5.92 Å². The number of nitrogens with one attached hydrogen (secondary N) is 1. The summed E-state index contributed by atoms with van der Waals surface area (Å²) in [5.74, 6) is 1.80. The lowest BCUT2D eigenvalue weighted by molar-refractivity contribution is 0.337. The second-order valence-corrected chi connectivity index (χ2v) is 6.16. The van der Waals surface area contributed by atoms with E-state index in [2.05, 4.69) is 42.3 Å². The Bertz CT molecular complexity index is 582. The predicted molar refractivity (Wildman–Crippen MR) is 84.7 cm³/mol. The van der Waals surface area contributed by atoms with Gasteiger partial charge < -0.3 is 9.84 Å². The monoisotopic (exact) mass is 307 g/mol. The van der Waals surface area contributed by atoms with Crippen molar-refractivity contribution in [1.82, 2.24) is 15.5 Å². The van der Waals surface area contributed by atoms with Gasteiger partial charge in [-0.05, 0) is 37.6 Å². The highest BCUT2D eigenvalue weighted by atomic mass is 35.5. The van der Waals surface area contributed by atoms with Crippen LogP contribution in [0.4, 0.5) is 0 Å². The molecule has 1 aromatic carbocycles. The van der Waals surface area contributed by atoms with Crippen LogP contribution < -0.4 is 5.32 Å². The van der Waals surface area contributed by atoms with Crippen molar-refractivity contribution >= 4 is 11.6 Å². The van der Waals surface area contributed by atoms with E-state index >= 15 is 0 Å². The summed E-state index contributed by atoms with van der Waals surface area (Å²) in [7, 11) is 1.93. The molecule has 4 nitrogen and oxygen atoms in total. The number of aromatic nitrogens is 2. The molecule has 2 unspecified atom stereocenters. The van der Waals surface area contributed by atoms with Gasteiger partial charge in [-0.3, -0.25) is 0 Å². The minimum absolute atomic E-state index is 0.0647. The molecular weight excluding hydrogens is 286 g/mol. The molecule has 0 aliphatic carbocycles. The lowest BCUT2D eigenvalue weighted by Crippen LogP contribution is -2.24. The van der Waals surface area contributed by atoms with Gasteiger partial charge in [-0.25, -0.2) is 0 Å². The van der Waals surface area contributed by atoms with Crippen LogP contribution in [0.3, 0.4) is 0 Å². The molecule has 0 aliphatic heterocycles. The molecule has 1 N–H and O–H groups in total. The van der Waals surface area contributed by atoms with Gasteiger partial charge in [0.1, 0.15) is 0 Å². The summed E-state index contributed by atoms with van der Waals surface area (Å²) in [4.78, 5) is 4.56. The maximum Gasteiger partial charge on any atom is 0.234 e. The fraction of sp³-hybridized carbons (Fsp3) is 0.500. The summed E-state index contributed by atoms with van der Waals surface area (Å²) in [6, 6.07) is 8.16. The summed E-state index contributed by atoms with van der Waals surface area (Å²) in [5, 5.41) is 7.99. The number of hydrogen-bond acceptors (Lipinski definition) is 4. The zero-order valence-corrected chi connectivity index (χ0v) is 13.7. The predicted octanol–water partition coefficient (Wildman–Crippen LogP) is 3.66. The number of benzene rings is 1. The van der Waals surface area contributed by atoms with E-state index in [-0.39, 0.29) is 5.92 Å². The average Bonchev–Trinajstić information content (AvgIpc) is 2.86. The molecule has 0 saturated carbocycles. The first-order chi connectivity index (χ1) is 10.0. The topological polar surface area (TPSA) is 51.0 Å². The van der Waals surface area contributed by atoms with E-state index < -0.39 is 0 Å². The molecule has 0 aliphatic rings. The van der Waals surface area contributed by atoms with E-state index in [9.17, 15) is 0 Å². The molecule has 0 radical (unpaired) electrons. The summed E-state index contributed by atoms with van der Waals surface area (Å²) in [6.45, 7) is 6.38. The normalized spacial score (nSPS) is 14.4. The molecule has 1 aromatic heterocycles. The highest BCUT2D eigenvalue weighted by Crippen LogP contribution is 2.32. The Balaban J connectivity index is 2.27. The quantitative estimate of drug-likeness (QED) is 0.885. The Morgan fingerprint density at radius 2 is 2.05 bits per heavy atom. The summed E-state index contributed by atoms with van der Waals surface area (Å²) >= 11 is 6.10. The van der Waals surface area contributed by atoms with Gasteiger partial charge in [0.15, 0.2) is 5.82 Å². The number of halogens is 1. The molecule has 5 heteroatoms. The SMILES string of the molecule is CNC(C)Cc1noc(C(c2cccc(Cl)c2)C(C)C)n1. The number of rotatable bonds is 6. The summed E-state index contributed by atoms with van der Waals surface area (Å²) in [6.07, 6.45) is 0.750. The van der Waals surface area contributed by atoms with Crippen molar-refractivity contribution in [2.45, 2.75) is 39.2 Å². The molecule has 0 amide bonds. The van der Waals surface area contributed by atoms with Crippen LogP contribution in [-0.2, 0) is 6.42 Å². The molecule has 114 valence electrons. The summed E-state index contributed by atoms with van der Waals surface area (Å²) < 4.78 is 5.50. The van der Waals surface area contributed by atoms with Crippen LogP contribution in [0.25, 0.3) is 0 Å². The molecule has 2 rings (SSSR count). The van der Waals surface area contributed by atoms with Crippen molar-refractivity contribution < 1.29 is 4.52 Å². The van der Waals surface area contributed by atoms with E-state index in [1.54, 1.807) is 0 Å². The van der Waals surface area contributed by atoms with Crippen LogP contribution in [0, 0.1) is 5.92 Å². The molecule has 0 bridgehead atoms. The van der Waals surface area contributed by atoms with Crippen molar-refractivity contribution in [3.63, 3.8) is 0 Å². The minimum atomic E-state index is 0.0647. The van der Waals surface area contributed by atoms with Crippen LogP contribution in [0.1, 0.15) is 44.0 Å². The largest absolute Gasteiger partial charge is 0.339 e. The third-order valence-corrected chi connectivity index (χ3v) is 3.84. The van der Waals surface area contributed by atoms with E-state index in [4.69, 9.17) is 16.1 Å². The van der Waals surface area contributed by atoms with Gasteiger partial charge in [-0.2, -0.15) is 4.98 Å². The molecule has 0 saturated heterocycles. The molecule has 0 spiro atoms. The Morgan fingerprint density at radius 1 is 1.29 bits per heavy atom. The average molecular weight is 308 g/mol. The first kappa shape index (κ1) is 16.0. The Morgan fingerprint density at radius 3 is 2.67 bits per heavy atom. The molecule has 21 heavy (non-hydrogen) atoms. The van der Waals surface area contributed by atoms with Crippen LogP contribution in [0.2, 0.25) is 5.02 Å². The van der Waals surface area contributed by atoms with Gasteiger partial charge in [-0.15, -0.1) is 0 Å². The highest BCUT2D eigenvalue weighted by molar-refractivity contribution is 6.30. The Kier molecular flexibility index (Phi) is 5.37. The van der Waals surface area contributed by atoms with Gasteiger partial charge in [0.05, 0.1) is 5.92 Å². The van der Waals surface area contributed by atoms with Gasteiger partial charge in [0, 0.05) is 17.5 Å². The van der Waals surface area contributed by atoms with Crippen LogP contribution >= 0.6 is 11.6 Å². The maximum atomic E-state index is 6.10. The van der Waals surface area contributed by atoms with Gasteiger partial charge in [0.25, 0.3) is 0 Å². The third-order valence-electron chi connectivity index (χ3n) is 3.61. The second-order valence-electron chi connectivity index (χ2n) is 5.72. The van der Waals surface area contributed by atoms with Crippen LogP contribution in [0.15, 0.2) is 28.8 Å². The molecule has 2 aromatic rings. The Hall–Kier alpha value is -1.39. The molecule has 2 atom stereocenters. The van der Waals surface area contributed by atoms with Gasteiger partial charge >= 0.3 is 0 Å². The number of hydrogen-bond donors (Lipinski definition) is 1. The fourth-order valence-corrected chi connectivity index (χ4v) is 2.56. The van der Waals surface area contributed by atoms with Crippen molar-refractivity contribution in [1.29, 1.82) is 0 Å². The number of likely N-dealkylation sites (N-methyl/N-ethyl adjacent to an activating group) is 1. The van der Waals surface area contributed by atoms with Crippen LogP contribution in [0.5, 0.6) is 0 Å². The lowest BCUT2D eigenvalue weighted by Gasteiger charge is -2.17. The van der Waals surface area contributed by atoms with E-state index in [0.717, 1.165) is 22.8 Å². The minimum Gasteiger partial charge on any atom is -0.339 e. The Labute approximate surface area is 130 Å². The molecular formula is C16H22ClN3O. The van der Waals surface area contributed by atoms with Gasteiger partial charge in [0.2, 0.25) is 5.89 Å². The smallest absolute Gasteiger partial charge is 0.234 e. The van der Waals surface area contributed by atoms with Crippen molar-refractivity contribution in [3.05, 3.63) is 46.6 Å². The van der Waals surface area contributed by atoms with E-state index in [1.807, 2.05) is 25.2 Å². The van der Waals surface area contributed by atoms with E-state index in [0.29, 0.717) is 17.9 Å². The van der Waals surface area contributed by atoms with Gasteiger partial charge in [-0.1, -0.05) is 42.7 Å². The lowest BCUT2D eigenvalue weighted by atomic mass is 9.88. The second kappa shape index (κ2) is 7.05. The zero-order valence-electron chi connectivity index (χ0n) is 12.9. The first-order valence-corrected chi connectivity index (χ1v) is 7.64. The molecule has 1 heterocycles.